The first-order valence-electron chi connectivity index (χ1n) is 10.3. The lowest BCUT2D eigenvalue weighted by Crippen LogP contribution is -2.19. The minimum absolute atomic E-state index is 0.0503. The minimum Gasteiger partial charge on any atom is -0.481 e. The minimum atomic E-state index is -0.0503. The van der Waals surface area contributed by atoms with Crippen LogP contribution >= 0.6 is 0 Å². The van der Waals surface area contributed by atoms with Crippen molar-refractivity contribution in [2.75, 3.05) is 7.11 Å². The van der Waals surface area contributed by atoms with Crippen LogP contribution in [-0.2, 0) is 14.1 Å². The van der Waals surface area contributed by atoms with Gasteiger partial charge in [0.15, 0.2) is 0 Å². The maximum atomic E-state index is 12.4. The SMILES string of the molecule is COc1ccc(-c2nc(-c3cccc(C)c3)c(-c3ccc4c(c3)n(C)c(=O)n4C)[nH]2)cn1. The van der Waals surface area contributed by atoms with Crippen LogP contribution in [0.2, 0.25) is 0 Å². The van der Waals surface area contributed by atoms with E-state index in [2.05, 4.69) is 35.1 Å². The van der Waals surface area contributed by atoms with Crippen LogP contribution in [-0.4, -0.2) is 31.2 Å². The van der Waals surface area contributed by atoms with Gasteiger partial charge in [-0.3, -0.25) is 9.13 Å². The zero-order chi connectivity index (χ0) is 22.4. The fraction of sp³-hybridized carbons (Fsp3) is 0.160. The average Bonchev–Trinajstić information content (AvgIpc) is 3.35. The molecule has 0 radical (unpaired) electrons. The third-order valence-electron chi connectivity index (χ3n) is 5.77. The van der Waals surface area contributed by atoms with Gasteiger partial charge in [0.2, 0.25) is 5.88 Å². The predicted octanol–water partition coefficient (Wildman–Crippen LogP) is 4.31. The number of nitrogens with zero attached hydrogens (tertiary/aromatic N) is 4. The van der Waals surface area contributed by atoms with Gasteiger partial charge >= 0.3 is 5.69 Å². The summed E-state index contributed by atoms with van der Waals surface area (Å²) in [4.78, 5) is 25.1. The maximum absolute atomic E-state index is 12.4. The second-order valence-electron chi connectivity index (χ2n) is 7.87. The number of hydrogen-bond donors (Lipinski definition) is 1. The number of pyridine rings is 1. The zero-order valence-electron chi connectivity index (χ0n) is 18.4. The highest BCUT2D eigenvalue weighted by Gasteiger charge is 2.17. The molecule has 0 saturated heterocycles. The van der Waals surface area contributed by atoms with Gasteiger partial charge in [-0.2, -0.15) is 0 Å². The van der Waals surface area contributed by atoms with Crippen molar-refractivity contribution in [3.63, 3.8) is 0 Å². The van der Waals surface area contributed by atoms with Gasteiger partial charge in [-0.05, 0) is 31.2 Å². The third kappa shape index (κ3) is 3.19. The fourth-order valence-corrected chi connectivity index (χ4v) is 4.02. The number of benzene rings is 2. The predicted molar refractivity (Wildman–Crippen MR) is 126 cm³/mol. The third-order valence-corrected chi connectivity index (χ3v) is 5.77. The molecule has 0 atom stereocenters. The van der Waals surface area contributed by atoms with E-state index >= 15 is 0 Å². The molecule has 0 fully saturated rings. The molecule has 5 aromatic rings. The second-order valence-corrected chi connectivity index (χ2v) is 7.87. The Morgan fingerprint density at radius 1 is 0.906 bits per heavy atom. The number of aromatic amines is 1. The van der Waals surface area contributed by atoms with Crippen molar-refractivity contribution in [2.24, 2.45) is 14.1 Å². The molecule has 0 aliphatic heterocycles. The Bertz CT molecular complexity index is 1510. The molecule has 3 aromatic heterocycles. The number of aryl methyl sites for hydroxylation is 3. The lowest BCUT2D eigenvalue weighted by atomic mass is 10.0. The van der Waals surface area contributed by atoms with Crippen LogP contribution in [0.25, 0.3) is 44.9 Å². The van der Waals surface area contributed by atoms with Crippen LogP contribution in [0, 0.1) is 6.92 Å². The maximum Gasteiger partial charge on any atom is 0.328 e. The summed E-state index contributed by atoms with van der Waals surface area (Å²) < 4.78 is 8.50. The molecule has 32 heavy (non-hydrogen) atoms. The van der Waals surface area contributed by atoms with Crippen molar-refractivity contribution >= 4 is 11.0 Å². The van der Waals surface area contributed by atoms with E-state index < -0.39 is 0 Å². The van der Waals surface area contributed by atoms with Crippen LogP contribution in [0.5, 0.6) is 5.88 Å². The van der Waals surface area contributed by atoms with Gasteiger partial charge in [0.1, 0.15) is 5.82 Å². The molecule has 3 heterocycles. The van der Waals surface area contributed by atoms with E-state index in [1.54, 1.807) is 36.5 Å². The molecular formula is C25H23N5O2. The molecule has 2 aromatic carbocycles. The number of ether oxygens (including phenoxy) is 1. The van der Waals surface area contributed by atoms with E-state index in [9.17, 15) is 4.79 Å². The van der Waals surface area contributed by atoms with Gasteiger partial charge in [-0.15, -0.1) is 0 Å². The van der Waals surface area contributed by atoms with E-state index in [-0.39, 0.29) is 5.69 Å². The van der Waals surface area contributed by atoms with Gasteiger partial charge in [-0.1, -0.05) is 29.8 Å². The first kappa shape index (κ1) is 19.8. The number of methoxy groups -OCH3 is 1. The second kappa shape index (κ2) is 7.53. The molecule has 7 heteroatoms. The normalized spacial score (nSPS) is 11.2. The van der Waals surface area contributed by atoms with Crippen LogP contribution < -0.4 is 10.4 Å². The summed E-state index contributed by atoms with van der Waals surface area (Å²) >= 11 is 0. The Balaban J connectivity index is 1.73. The molecule has 0 aliphatic carbocycles. The van der Waals surface area contributed by atoms with Crippen molar-refractivity contribution in [3.05, 3.63) is 76.8 Å². The molecule has 0 aliphatic rings. The number of aromatic nitrogens is 5. The molecule has 5 rings (SSSR count). The quantitative estimate of drug-likeness (QED) is 0.465. The molecule has 7 nitrogen and oxygen atoms in total. The Kier molecular flexibility index (Phi) is 4.66. The molecule has 0 bridgehead atoms. The van der Waals surface area contributed by atoms with Gasteiger partial charge in [0.05, 0.1) is 29.5 Å². The average molecular weight is 425 g/mol. The first-order chi connectivity index (χ1) is 15.5. The fourth-order valence-electron chi connectivity index (χ4n) is 4.02. The highest BCUT2D eigenvalue weighted by Crippen LogP contribution is 2.34. The van der Waals surface area contributed by atoms with Gasteiger partial charge < -0.3 is 9.72 Å². The van der Waals surface area contributed by atoms with Gasteiger partial charge in [-0.25, -0.2) is 14.8 Å². The van der Waals surface area contributed by atoms with Crippen LogP contribution in [0.3, 0.4) is 0 Å². The van der Waals surface area contributed by atoms with Crippen LogP contribution in [0.15, 0.2) is 65.6 Å². The molecule has 160 valence electrons. The van der Waals surface area contributed by atoms with E-state index in [4.69, 9.17) is 9.72 Å². The van der Waals surface area contributed by atoms with Crippen molar-refractivity contribution in [1.82, 2.24) is 24.1 Å². The smallest absolute Gasteiger partial charge is 0.328 e. The monoisotopic (exact) mass is 425 g/mol. The summed E-state index contributed by atoms with van der Waals surface area (Å²) in [5.41, 5.74) is 7.43. The Morgan fingerprint density at radius 3 is 2.41 bits per heavy atom. The molecule has 0 unspecified atom stereocenters. The van der Waals surface area contributed by atoms with Crippen LogP contribution in [0.4, 0.5) is 0 Å². The van der Waals surface area contributed by atoms with Crippen molar-refractivity contribution in [1.29, 1.82) is 0 Å². The molecule has 0 amide bonds. The zero-order valence-corrected chi connectivity index (χ0v) is 18.4. The highest BCUT2D eigenvalue weighted by atomic mass is 16.5. The lowest BCUT2D eigenvalue weighted by Gasteiger charge is -2.05. The number of rotatable bonds is 4. The van der Waals surface area contributed by atoms with E-state index in [1.807, 2.05) is 36.4 Å². The number of nitrogens with one attached hydrogen (secondary N) is 1. The molecule has 0 saturated carbocycles. The van der Waals surface area contributed by atoms with Crippen molar-refractivity contribution in [2.45, 2.75) is 6.92 Å². The summed E-state index contributed by atoms with van der Waals surface area (Å²) in [6, 6.07) is 18.0. The molecule has 1 N–H and O–H groups in total. The number of H-pyrrole nitrogens is 1. The molecular weight excluding hydrogens is 402 g/mol. The van der Waals surface area contributed by atoms with E-state index in [1.165, 1.54) is 0 Å². The molecule has 0 spiro atoms. The van der Waals surface area contributed by atoms with Crippen molar-refractivity contribution < 1.29 is 4.74 Å². The number of imidazole rings is 2. The summed E-state index contributed by atoms with van der Waals surface area (Å²) in [5.74, 6) is 1.27. The summed E-state index contributed by atoms with van der Waals surface area (Å²) in [6.45, 7) is 2.07. The standard InChI is InChI=1S/C25H23N5O2/c1-15-6-5-7-16(12-15)22-23(28-24(27-22)18-9-11-21(32-4)26-14-18)17-8-10-19-20(13-17)30(3)25(31)29(19)2/h5-14H,1-4H3,(H,27,28). The Labute approximate surface area is 185 Å². The van der Waals surface area contributed by atoms with Crippen LogP contribution in [0.1, 0.15) is 5.56 Å². The summed E-state index contributed by atoms with van der Waals surface area (Å²) in [5, 5.41) is 0. The number of hydrogen-bond acceptors (Lipinski definition) is 4. The van der Waals surface area contributed by atoms with Gasteiger partial charge in [0.25, 0.3) is 0 Å². The Hall–Kier alpha value is -4.13. The van der Waals surface area contributed by atoms with E-state index in [0.717, 1.165) is 44.7 Å². The Morgan fingerprint density at radius 2 is 1.69 bits per heavy atom. The van der Waals surface area contributed by atoms with Gasteiger partial charge in [0, 0.05) is 43.0 Å². The summed E-state index contributed by atoms with van der Waals surface area (Å²) in [7, 11) is 5.17. The first-order valence-corrected chi connectivity index (χ1v) is 10.3. The highest BCUT2D eigenvalue weighted by molar-refractivity contribution is 5.87. The van der Waals surface area contributed by atoms with Crippen molar-refractivity contribution in [3.8, 4) is 39.8 Å². The van der Waals surface area contributed by atoms with E-state index in [0.29, 0.717) is 11.7 Å². The topological polar surface area (TPSA) is 77.7 Å². The largest absolute Gasteiger partial charge is 0.481 e. The lowest BCUT2D eigenvalue weighted by molar-refractivity contribution is 0.398. The number of fused-ring (bicyclic) bond motifs is 1. The summed E-state index contributed by atoms with van der Waals surface area (Å²) in [6.07, 6.45) is 1.74.